The fraction of sp³-hybridized carbons (Fsp3) is 0.294. The van der Waals surface area contributed by atoms with Crippen molar-refractivity contribution in [3.63, 3.8) is 0 Å². The monoisotopic (exact) mass is 332 g/mol. The Morgan fingerprint density at radius 2 is 1.65 bits per heavy atom. The fourth-order valence-corrected chi connectivity index (χ4v) is 3.17. The number of thiophene rings is 1. The Morgan fingerprint density at radius 3 is 2.22 bits per heavy atom. The SMILES string of the molecule is Cc1cc(C)cc(OCC(=O)NNC(=O)c2cc(C)sc2C)c1. The molecule has 2 amide bonds. The second-order valence-electron chi connectivity index (χ2n) is 5.44. The molecular weight excluding hydrogens is 312 g/mol. The fourth-order valence-electron chi connectivity index (χ4n) is 2.25. The number of aryl methyl sites for hydroxylation is 4. The molecule has 0 bridgehead atoms. The van der Waals surface area contributed by atoms with E-state index in [0.29, 0.717) is 11.3 Å². The second kappa shape index (κ2) is 7.28. The molecule has 2 aromatic rings. The highest BCUT2D eigenvalue weighted by molar-refractivity contribution is 7.12. The van der Waals surface area contributed by atoms with Gasteiger partial charge in [-0.3, -0.25) is 20.4 Å². The van der Waals surface area contributed by atoms with Crippen LogP contribution in [0.1, 0.15) is 31.2 Å². The first-order valence-corrected chi connectivity index (χ1v) is 8.04. The standard InChI is InChI=1S/C17H20N2O3S/c1-10-5-11(2)7-14(6-10)22-9-16(20)18-19-17(21)15-8-12(3)23-13(15)4/h5-8H,9H2,1-4H3,(H,18,20)(H,19,21). The highest BCUT2D eigenvalue weighted by Crippen LogP contribution is 2.20. The van der Waals surface area contributed by atoms with E-state index in [2.05, 4.69) is 10.9 Å². The van der Waals surface area contributed by atoms with Gasteiger partial charge in [0.2, 0.25) is 0 Å². The third kappa shape index (κ3) is 4.82. The summed E-state index contributed by atoms with van der Waals surface area (Å²) >= 11 is 1.54. The van der Waals surface area contributed by atoms with Gasteiger partial charge in [-0.15, -0.1) is 11.3 Å². The van der Waals surface area contributed by atoms with Crippen LogP contribution in [0.5, 0.6) is 5.75 Å². The van der Waals surface area contributed by atoms with E-state index in [0.717, 1.165) is 20.9 Å². The van der Waals surface area contributed by atoms with Gasteiger partial charge >= 0.3 is 0 Å². The van der Waals surface area contributed by atoms with Crippen LogP contribution < -0.4 is 15.6 Å². The lowest BCUT2D eigenvalue weighted by Crippen LogP contribution is -2.43. The molecule has 0 atom stereocenters. The van der Waals surface area contributed by atoms with Crippen molar-refractivity contribution < 1.29 is 14.3 Å². The largest absolute Gasteiger partial charge is 0.484 e. The number of hydrogen-bond donors (Lipinski definition) is 2. The van der Waals surface area contributed by atoms with E-state index in [1.807, 2.05) is 45.9 Å². The first-order valence-electron chi connectivity index (χ1n) is 7.22. The zero-order valence-electron chi connectivity index (χ0n) is 13.6. The number of amides is 2. The van der Waals surface area contributed by atoms with Crippen molar-refractivity contribution in [1.82, 2.24) is 10.9 Å². The van der Waals surface area contributed by atoms with Crippen molar-refractivity contribution in [2.24, 2.45) is 0 Å². The summed E-state index contributed by atoms with van der Waals surface area (Å²) in [5, 5.41) is 0. The maximum atomic E-state index is 12.0. The van der Waals surface area contributed by atoms with E-state index in [9.17, 15) is 9.59 Å². The lowest BCUT2D eigenvalue weighted by atomic mass is 10.1. The Labute approximate surface area is 139 Å². The van der Waals surface area contributed by atoms with E-state index < -0.39 is 5.91 Å². The molecule has 0 saturated carbocycles. The van der Waals surface area contributed by atoms with Gasteiger partial charge in [0, 0.05) is 9.75 Å². The minimum atomic E-state index is -0.415. The molecule has 0 aliphatic carbocycles. The van der Waals surface area contributed by atoms with E-state index in [1.54, 1.807) is 17.4 Å². The molecule has 0 radical (unpaired) electrons. The molecule has 5 nitrogen and oxygen atoms in total. The molecular formula is C17H20N2O3S. The minimum Gasteiger partial charge on any atom is -0.484 e. The summed E-state index contributed by atoms with van der Waals surface area (Å²) in [6.07, 6.45) is 0. The van der Waals surface area contributed by atoms with Crippen molar-refractivity contribution in [3.05, 3.63) is 50.7 Å². The lowest BCUT2D eigenvalue weighted by molar-refractivity contribution is -0.123. The van der Waals surface area contributed by atoms with Gasteiger partial charge in [0.1, 0.15) is 5.75 Å². The Bertz CT molecular complexity index is 717. The van der Waals surface area contributed by atoms with Gasteiger partial charge < -0.3 is 4.74 Å². The summed E-state index contributed by atoms with van der Waals surface area (Å²) in [6.45, 7) is 7.57. The average Bonchev–Trinajstić information content (AvgIpc) is 2.80. The number of carbonyl (C=O) groups is 2. The molecule has 2 N–H and O–H groups in total. The van der Waals surface area contributed by atoms with E-state index in [1.165, 1.54) is 0 Å². The van der Waals surface area contributed by atoms with Gasteiger partial charge in [-0.05, 0) is 57.0 Å². The number of carbonyl (C=O) groups excluding carboxylic acids is 2. The smallest absolute Gasteiger partial charge is 0.276 e. The van der Waals surface area contributed by atoms with Crippen LogP contribution in [0.25, 0.3) is 0 Å². The lowest BCUT2D eigenvalue weighted by Gasteiger charge is -2.10. The van der Waals surface area contributed by atoms with Crippen molar-refractivity contribution in [3.8, 4) is 5.75 Å². The van der Waals surface area contributed by atoms with Gasteiger partial charge in [-0.1, -0.05) is 6.07 Å². The van der Waals surface area contributed by atoms with E-state index >= 15 is 0 Å². The van der Waals surface area contributed by atoms with Crippen LogP contribution in [0, 0.1) is 27.7 Å². The zero-order valence-corrected chi connectivity index (χ0v) is 14.5. The second-order valence-corrected chi connectivity index (χ2v) is 6.90. The van der Waals surface area contributed by atoms with Crippen molar-refractivity contribution in [2.75, 3.05) is 6.61 Å². The molecule has 122 valence electrons. The average molecular weight is 332 g/mol. The summed E-state index contributed by atoms with van der Waals surface area (Å²) in [4.78, 5) is 25.7. The number of benzene rings is 1. The molecule has 0 fully saturated rings. The molecule has 0 spiro atoms. The van der Waals surface area contributed by atoms with Crippen LogP contribution in [0.2, 0.25) is 0 Å². The third-order valence-corrected chi connectivity index (χ3v) is 4.13. The predicted molar refractivity (Wildman–Crippen MR) is 90.8 cm³/mol. The van der Waals surface area contributed by atoms with Gasteiger partial charge in [0.15, 0.2) is 6.61 Å². The Balaban J connectivity index is 1.83. The summed E-state index contributed by atoms with van der Waals surface area (Å²) in [5.74, 6) is -0.109. The maximum Gasteiger partial charge on any atom is 0.276 e. The molecule has 0 unspecified atom stereocenters. The number of hydrazine groups is 1. The van der Waals surface area contributed by atoms with Crippen molar-refractivity contribution >= 4 is 23.2 Å². The van der Waals surface area contributed by atoms with E-state index in [-0.39, 0.29) is 12.5 Å². The molecule has 23 heavy (non-hydrogen) atoms. The molecule has 0 saturated heterocycles. The topological polar surface area (TPSA) is 67.4 Å². The van der Waals surface area contributed by atoms with Crippen LogP contribution in [-0.2, 0) is 4.79 Å². The minimum absolute atomic E-state index is 0.162. The van der Waals surface area contributed by atoms with Crippen LogP contribution in [-0.4, -0.2) is 18.4 Å². The Hall–Kier alpha value is -2.34. The van der Waals surface area contributed by atoms with Gasteiger partial charge in [-0.25, -0.2) is 0 Å². The van der Waals surface area contributed by atoms with Gasteiger partial charge in [0.05, 0.1) is 5.56 Å². The molecule has 1 heterocycles. The molecule has 0 aliphatic heterocycles. The van der Waals surface area contributed by atoms with Crippen LogP contribution in [0.4, 0.5) is 0 Å². The van der Waals surface area contributed by atoms with Gasteiger partial charge in [0.25, 0.3) is 11.8 Å². The third-order valence-electron chi connectivity index (χ3n) is 3.17. The van der Waals surface area contributed by atoms with Crippen LogP contribution in [0.15, 0.2) is 24.3 Å². The number of ether oxygens (including phenoxy) is 1. The molecule has 1 aromatic heterocycles. The molecule has 2 rings (SSSR count). The van der Waals surface area contributed by atoms with Crippen molar-refractivity contribution in [2.45, 2.75) is 27.7 Å². The summed E-state index contributed by atoms with van der Waals surface area (Å²) in [6, 6.07) is 7.54. The molecule has 0 aliphatic rings. The van der Waals surface area contributed by atoms with Crippen LogP contribution >= 0.6 is 11.3 Å². The van der Waals surface area contributed by atoms with Crippen molar-refractivity contribution in [1.29, 1.82) is 0 Å². The highest BCUT2D eigenvalue weighted by Gasteiger charge is 2.12. The maximum absolute atomic E-state index is 12.0. The number of nitrogens with one attached hydrogen (secondary N) is 2. The molecule has 6 heteroatoms. The zero-order chi connectivity index (χ0) is 17.0. The summed E-state index contributed by atoms with van der Waals surface area (Å²) in [5.41, 5.74) is 7.46. The number of hydrogen-bond acceptors (Lipinski definition) is 4. The Kier molecular flexibility index (Phi) is 5.39. The van der Waals surface area contributed by atoms with E-state index in [4.69, 9.17) is 4.74 Å². The summed E-state index contributed by atoms with van der Waals surface area (Å²) in [7, 11) is 0. The first kappa shape index (κ1) is 17.0. The predicted octanol–water partition coefficient (Wildman–Crippen LogP) is 2.82. The quantitative estimate of drug-likeness (QED) is 0.846. The Morgan fingerprint density at radius 1 is 1.00 bits per heavy atom. The summed E-state index contributed by atoms with van der Waals surface area (Å²) < 4.78 is 5.43. The first-order chi connectivity index (χ1) is 10.8. The molecule has 1 aromatic carbocycles. The number of rotatable bonds is 4. The normalized spacial score (nSPS) is 10.3. The van der Waals surface area contributed by atoms with Gasteiger partial charge in [-0.2, -0.15) is 0 Å². The van der Waals surface area contributed by atoms with Crippen LogP contribution in [0.3, 0.4) is 0 Å². The highest BCUT2D eigenvalue weighted by atomic mass is 32.1.